The average molecular weight is 366 g/mol. The van der Waals surface area contributed by atoms with Gasteiger partial charge in [0.05, 0.1) is 5.38 Å². The van der Waals surface area contributed by atoms with Gasteiger partial charge in [0.15, 0.2) is 0 Å². The summed E-state index contributed by atoms with van der Waals surface area (Å²) in [5, 5.41) is 2.86. The molecular weight excluding hydrogens is 349 g/mol. The summed E-state index contributed by atoms with van der Waals surface area (Å²) in [6.45, 7) is 4.76. The molecule has 0 heterocycles. The molecule has 1 atom stereocenters. The van der Waals surface area contributed by atoms with E-state index in [4.69, 9.17) is 11.6 Å². The van der Waals surface area contributed by atoms with Gasteiger partial charge in [-0.05, 0) is 53.1 Å². The predicted octanol–water partition coefficient (Wildman–Crippen LogP) is 3.67. The quantitative estimate of drug-likeness (QED) is 0.626. The molecule has 1 aromatic rings. The van der Waals surface area contributed by atoms with Crippen LogP contribution in [0, 0.1) is 9.49 Å². The number of carbonyl (C=O) groups is 1. The van der Waals surface area contributed by atoms with Gasteiger partial charge >= 0.3 is 0 Å². The van der Waals surface area contributed by atoms with Crippen molar-refractivity contribution in [3.63, 3.8) is 0 Å². The molecule has 0 fully saturated rings. The fraction of sp³-hybridized carbons (Fsp3) is 0.462. The van der Waals surface area contributed by atoms with E-state index in [0.29, 0.717) is 18.0 Å². The summed E-state index contributed by atoms with van der Waals surface area (Å²) in [6.07, 6.45) is 0.911. The number of carbonyl (C=O) groups excluding carboxylic acids is 1. The number of hydrogen-bond donors (Lipinski definition) is 1. The van der Waals surface area contributed by atoms with Crippen LogP contribution in [0.5, 0.6) is 0 Å². The summed E-state index contributed by atoms with van der Waals surface area (Å²) < 4.78 is 1.06. The van der Waals surface area contributed by atoms with Crippen molar-refractivity contribution in [2.75, 3.05) is 6.54 Å². The SMILES string of the molecule is CC(C)CC(Cl)CNC(=O)c1cccc(I)c1. The highest BCUT2D eigenvalue weighted by Crippen LogP contribution is 2.11. The third-order valence-corrected chi connectivity index (χ3v) is 3.30. The summed E-state index contributed by atoms with van der Waals surface area (Å²) in [5.74, 6) is 0.491. The van der Waals surface area contributed by atoms with Gasteiger partial charge in [0.1, 0.15) is 0 Å². The lowest BCUT2D eigenvalue weighted by atomic mass is 10.1. The monoisotopic (exact) mass is 365 g/mol. The van der Waals surface area contributed by atoms with Gasteiger partial charge in [-0.2, -0.15) is 0 Å². The first-order valence-corrected chi connectivity index (χ1v) is 7.18. The van der Waals surface area contributed by atoms with E-state index in [-0.39, 0.29) is 11.3 Å². The largest absolute Gasteiger partial charge is 0.351 e. The Kier molecular flexibility index (Phi) is 6.27. The van der Waals surface area contributed by atoms with Crippen molar-refractivity contribution >= 4 is 40.1 Å². The molecular formula is C13H17ClINO. The van der Waals surface area contributed by atoms with Crippen LogP contribution in [0.2, 0.25) is 0 Å². The van der Waals surface area contributed by atoms with Gasteiger partial charge in [-0.15, -0.1) is 11.6 Å². The van der Waals surface area contributed by atoms with E-state index in [0.717, 1.165) is 9.99 Å². The third kappa shape index (κ3) is 5.73. The molecule has 17 heavy (non-hydrogen) atoms. The lowest BCUT2D eigenvalue weighted by molar-refractivity contribution is 0.0953. The lowest BCUT2D eigenvalue weighted by Gasteiger charge is -2.13. The smallest absolute Gasteiger partial charge is 0.251 e. The molecule has 1 amide bonds. The van der Waals surface area contributed by atoms with Crippen molar-refractivity contribution in [2.45, 2.75) is 25.6 Å². The third-order valence-electron chi connectivity index (χ3n) is 2.30. The second-order valence-electron chi connectivity index (χ2n) is 4.45. The Balaban J connectivity index is 2.45. The zero-order chi connectivity index (χ0) is 12.8. The van der Waals surface area contributed by atoms with E-state index in [1.165, 1.54) is 0 Å². The van der Waals surface area contributed by atoms with Gasteiger partial charge in [0, 0.05) is 15.7 Å². The highest BCUT2D eigenvalue weighted by Gasteiger charge is 2.10. The fourth-order valence-electron chi connectivity index (χ4n) is 1.53. The van der Waals surface area contributed by atoms with Gasteiger partial charge < -0.3 is 5.32 Å². The van der Waals surface area contributed by atoms with Crippen LogP contribution in [-0.4, -0.2) is 17.8 Å². The number of alkyl halides is 1. The van der Waals surface area contributed by atoms with Crippen molar-refractivity contribution in [3.05, 3.63) is 33.4 Å². The maximum absolute atomic E-state index is 11.8. The Bertz CT molecular complexity index is 381. The maximum atomic E-state index is 11.8. The molecule has 0 radical (unpaired) electrons. The number of benzene rings is 1. The minimum Gasteiger partial charge on any atom is -0.351 e. The molecule has 0 bridgehead atoms. The highest BCUT2D eigenvalue weighted by molar-refractivity contribution is 14.1. The van der Waals surface area contributed by atoms with Crippen LogP contribution in [0.25, 0.3) is 0 Å². The Morgan fingerprint density at radius 2 is 2.18 bits per heavy atom. The van der Waals surface area contributed by atoms with Crippen LogP contribution in [0.15, 0.2) is 24.3 Å². The Morgan fingerprint density at radius 3 is 2.76 bits per heavy atom. The first-order chi connectivity index (χ1) is 7.99. The van der Waals surface area contributed by atoms with Crippen molar-refractivity contribution < 1.29 is 4.79 Å². The second-order valence-corrected chi connectivity index (χ2v) is 6.31. The number of rotatable bonds is 5. The normalized spacial score (nSPS) is 12.5. The van der Waals surface area contributed by atoms with E-state index in [1.807, 2.05) is 24.3 Å². The first-order valence-electron chi connectivity index (χ1n) is 5.67. The van der Waals surface area contributed by atoms with Crippen LogP contribution in [0.3, 0.4) is 0 Å². The fourth-order valence-corrected chi connectivity index (χ4v) is 2.51. The number of amides is 1. The lowest BCUT2D eigenvalue weighted by Crippen LogP contribution is -2.30. The van der Waals surface area contributed by atoms with Crippen LogP contribution < -0.4 is 5.32 Å². The van der Waals surface area contributed by atoms with Gasteiger partial charge in [-0.25, -0.2) is 0 Å². The molecule has 1 aromatic carbocycles. The molecule has 1 N–H and O–H groups in total. The Hall–Kier alpha value is -0.290. The second kappa shape index (κ2) is 7.21. The number of halogens is 2. The number of hydrogen-bond acceptors (Lipinski definition) is 1. The molecule has 0 aromatic heterocycles. The summed E-state index contributed by atoms with van der Waals surface area (Å²) >= 11 is 8.31. The van der Waals surface area contributed by atoms with Crippen molar-refractivity contribution in [3.8, 4) is 0 Å². The van der Waals surface area contributed by atoms with Gasteiger partial charge in [0.2, 0.25) is 0 Å². The van der Waals surface area contributed by atoms with Crippen LogP contribution in [-0.2, 0) is 0 Å². The summed E-state index contributed by atoms with van der Waals surface area (Å²) in [7, 11) is 0. The van der Waals surface area contributed by atoms with Crippen LogP contribution >= 0.6 is 34.2 Å². The molecule has 1 rings (SSSR count). The molecule has 2 nitrogen and oxygen atoms in total. The topological polar surface area (TPSA) is 29.1 Å². The van der Waals surface area contributed by atoms with Crippen LogP contribution in [0.4, 0.5) is 0 Å². The number of nitrogens with one attached hydrogen (secondary N) is 1. The van der Waals surface area contributed by atoms with E-state index >= 15 is 0 Å². The van der Waals surface area contributed by atoms with Gasteiger partial charge in [-0.1, -0.05) is 19.9 Å². The van der Waals surface area contributed by atoms with Gasteiger partial charge in [0.25, 0.3) is 5.91 Å². The molecule has 0 aliphatic carbocycles. The molecule has 0 aliphatic heterocycles. The minimum absolute atomic E-state index is 0.00161. The van der Waals surface area contributed by atoms with E-state index in [2.05, 4.69) is 41.8 Å². The molecule has 0 saturated heterocycles. The zero-order valence-electron chi connectivity index (χ0n) is 10.0. The molecule has 0 spiro atoms. The molecule has 0 aliphatic rings. The summed E-state index contributed by atoms with van der Waals surface area (Å²) in [4.78, 5) is 11.8. The van der Waals surface area contributed by atoms with Gasteiger partial charge in [-0.3, -0.25) is 4.79 Å². The molecule has 1 unspecified atom stereocenters. The minimum atomic E-state index is -0.0575. The van der Waals surface area contributed by atoms with E-state index in [9.17, 15) is 4.79 Å². The maximum Gasteiger partial charge on any atom is 0.251 e. The Morgan fingerprint density at radius 1 is 1.47 bits per heavy atom. The molecule has 94 valence electrons. The Labute approximate surface area is 121 Å². The summed E-state index contributed by atoms with van der Waals surface area (Å²) in [5.41, 5.74) is 0.685. The van der Waals surface area contributed by atoms with Crippen molar-refractivity contribution in [2.24, 2.45) is 5.92 Å². The average Bonchev–Trinajstić information content (AvgIpc) is 2.25. The standard InChI is InChI=1S/C13H17ClINO/c1-9(2)6-11(14)8-16-13(17)10-4-3-5-12(15)7-10/h3-5,7,9,11H,6,8H2,1-2H3,(H,16,17). The van der Waals surface area contributed by atoms with Crippen molar-refractivity contribution in [1.82, 2.24) is 5.32 Å². The van der Waals surface area contributed by atoms with E-state index in [1.54, 1.807) is 0 Å². The van der Waals surface area contributed by atoms with Crippen LogP contribution in [0.1, 0.15) is 30.6 Å². The van der Waals surface area contributed by atoms with E-state index < -0.39 is 0 Å². The molecule has 0 saturated carbocycles. The highest BCUT2D eigenvalue weighted by atomic mass is 127. The predicted molar refractivity (Wildman–Crippen MR) is 80.6 cm³/mol. The molecule has 4 heteroatoms. The summed E-state index contributed by atoms with van der Waals surface area (Å²) in [6, 6.07) is 7.51. The zero-order valence-corrected chi connectivity index (χ0v) is 13.0. The first kappa shape index (κ1) is 14.8. The van der Waals surface area contributed by atoms with Crippen molar-refractivity contribution in [1.29, 1.82) is 0 Å².